The Morgan fingerprint density at radius 1 is 1.30 bits per heavy atom. The van der Waals surface area contributed by atoms with E-state index in [2.05, 4.69) is 12.2 Å². The van der Waals surface area contributed by atoms with Gasteiger partial charge in [-0.05, 0) is 48.7 Å². The number of nitrogens with two attached hydrogens (primary N) is 1. The number of hydrogen-bond acceptors (Lipinski definition) is 4. The van der Waals surface area contributed by atoms with Gasteiger partial charge in [0.1, 0.15) is 6.61 Å². The number of anilines is 2. The molecule has 27 heavy (non-hydrogen) atoms. The highest BCUT2D eigenvalue weighted by Gasteiger charge is 2.49. The van der Waals surface area contributed by atoms with Crippen LogP contribution in [0.25, 0.3) is 0 Å². The third-order valence-electron chi connectivity index (χ3n) is 5.53. The molecule has 0 radical (unpaired) electrons. The molecule has 0 unspecified atom stereocenters. The van der Waals surface area contributed by atoms with Gasteiger partial charge < -0.3 is 15.8 Å². The second-order valence-electron chi connectivity index (χ2n) is 7.24. The molecular formula is C21H23N3O3. The predicted molar refractivity (Wildman–Crippen MR) is 104 cm³/mol. The third-order valence-corrected chi connectivity index (χ3v) is 5.53. The standard InChI is InChI=1S/C21H23N3O3/c1-2-21(22)13-18(21)14-6-8-16(9-7-14)23-19(25)15-4-3-5-17(12-15)24-10-11-27-20(24)26/h3-9,12,18H,2,10-11,13,22H2,1H3,(H,23,25)/t18-,21-/m0/s1. The van der Waals surface area contributed by atoms with Gasteiger partial charge in [-0.3, -0.25) is 9.69 Å². The van der Waals surface area contributed by atoms with Crippen LogP contribution in [0, 0.1) is 0 Å². The van der Waals surface area contributed by atoms with E-state index in [4.69, 9.17) is 10.5 Å². The lowest BCUT2D eigenvalue weighted by molar-refractivity contribution is 0.102. The summed E-state index contributed by atoms with van der Waals surface area (Å²) >= 11 is 0. The van der Waals surface area contributed by atoms with Crippen LogP contribution in [0.1, 0.15) is 41.6 Å². The Balaban J connectivity index is 1.44. The average Bonchev–Trinajstić information content (AvgIpc) is 3.19. The van der Waals surface area contributed by atoms with E-state index >= 15 is 0 Å². The van der Waals surface area contributed by atoms with Crippen molar-refractivity contribution in [2.75, 3.05) is 23.4 Å². The highest BCUT2D eigenvalue weighted by Crippen LogP contribution is 2.51. The highest BCUT2D eigenvalue weighted by molar-refractivity contribution is 6.05. The van der Waals surface area contributed by atoms with Gasteiger partial charge in [0, 0.05) is 28.4 Å². The van der Waals surface area contributed by atoms with Crippen LogP contribution < -0.4 is 16.0 Å². The molecule has 140 valence electrons. The fourth-order valence-electron chi connectivity index (χ4n) is 3.61. The van der Waals surface area contributed by atoms with E-state index in [1.54, 1.807) is 24.3 Å². The van der Waals surface area contributed by atoms with Gasteiger partial charge in [0.15, 0.2) is 0 Å². The van der Waals surface area contributed by atoms with E-state index in [9.17, 15) is 9.59 Å². The Labute approximate surface area is 158 Å². The zero-order valence-corrected chi connectivity index (χ0v) is 15.3. The van der Waals surface area contributed by atoms with Crippen molar-refractivity contribution in [3.8, 4) is 0 Å². The molecule has 1 aliphatic heterocycles. The van der Waals surface area contributed by atoms with Crippen LogP contribution >= 0.6 is 0 Å². The monoisotopic (exact) mass is 365 g/mol. The van der Waals surface area contributed by atoms with Gasteiger partial charge in [0.25, 0.3) is 5.91 Å². The molecule has 0 bridgehead atoms. The first-order chi connectivity index (χ1) is 13.0. The second kappa shape index (κ2) is 6.70. The maximum Gasteiger partial charge on any atom is 0.414 e. The van der Waals surface area contributed by atoms with E-state index < -0.39 is 0 Å². The molecule has 6 nitrogen and oxygen atoms in total. The molecule has 1 saturated heterocycles. The summed E-state index contributed by atoms with van der Waals surface area (Å²) in [5, 5.41) is 2.90. The first-order valence-electron chi connectivity index (χ1n) is 9.25. The topological polar surface area (TPSA) is 84.7 Å². The maximum atomic E-state index is 12.6. The van der Waals surface area contributed by atoms with Gasteiger partial charge in [0.05, 0.1) is 6.54 Å². The molecule has 3 N–H and O–H groups in total. The van der Waals surface area contributed by atoms with Crippen LogP contribution in [0.15, 0.2) is 48.5 Å². The van der Waals surface area contributed by atoms with E-state index in [-0.39, 0.29) is 17.5 Å². The fraction of sp³-hybridized carbons (Fsp3) is 0.333. The highest BCUT2D eigenvalue weighted by atomic mass is 16.6. The number of nitrogens with one attached hydrogen (secondary N) is 1. The summed E-state index contributed by atoms with van der Waals surface area (Å²) in [6, 6.07) is 14.8. The molecular weight excluding hydrogens is 342 g/mol. The van der Waals surface area contributed by atoms with Gasteiger partial charge in [0.2, 0.25) is 0 Å². The minimum absolute atomic E-state index is 0.0675. The van der Waals surface area contributed by atoms with Crippen LogP contribution in [0.5, 0.6) is 0 Å². The number of hydrogen-bond donors (Lipinski definition) is 2. The largest absolute Gasteiger partial charge is 0.447 e. The Morgan fingerprint density at radius 2 is 2.07 bits per heavy atom. The summed E-state index contributed by atoms with van der Waals surface area (Å²) in [6.07, 6.45) is 1.60. The molecule has 0 aromatic heterocycles. The zero-order valence-electron chi connectivity index (χ0n) is 15.3. The van der Waals surface area contributed by atoms with E-state index in [1.807, 2.05) is 24.3 Å². The van der Waals surface area contributed by atoms with E-state index in [1.165, 1.54) is 10.5 Å². The molecule has 2 fully saturated rings. The van der Waals surface area contributed by atoms with Crippen molar-refractivity contribution in [2.45, 2.75) is 31.2 Å². The number of benzene rings is 2. The Kier molecular flexibility index (Phi) is 4.36. The minimum Gasteiger partial charge on any atom is -0.447 e. The molecule has 2 atom stereocenters. The van der Waals surface area contributed by atoms with Gasteiger partial charge in [-0.1, -0.05) is 25.1 Å². The first kappa shape index (κ1) is 17.5. The molecule has 0 spiro atoms. The normalized spacial score (nSPS) is 23.9. The Hall–Kier alpha value is -2.86. The maximum absolute atomic E-state index is 12.6. The second-order valence-corrected chi connectivity index (χ2v) is 7.24. The van der Waals surface area contributed by atoms with E-state index in [0.29, 0.717) is 30.3 Å². The summed E-state index contributed by atoms with van der Waals surface area (Å²) in [5.41, 5.74) is 9.32. The molecule has 1 heterocycles. The molecule has 6 heteroatoms. The van der Waals surface area contributed by atoms with Crippen molar-refractivity contribution in [3.63, 3.8) is 0 Å². The van der Waals surface area contributed by atoms with Crippen LogP contribution in [0.3, 0.4) is 0 Å². The summed E-state index contributed by atoms with van der Waals surface area (Å²) in [5.74, 6) is 0.189. The first-order valence-corrected chi connectivity index (χ1v) is 9.25. The number of carbonyl (C=O) groups is 2. The Bertz CT molecular complexity index is 880. The fourth-order valence-corrected chi connectivity index (χ4v) is 3.61. The molecule has 1 aliphatic carbocycles. The predicted octanol–water partition coefficient (Wildman–Crippen LogP) is 3.49. The molecule has 4 rings (SSSR count). The van der Waals surface area contributed by atoms with E-state index in [0.717, 1.165) is 18.5 Å². The minimum atomic E-state index is -0.383. The molecule has 2 aromatic rings. The van der Waals surface area contributed by atoms with Crippen molar-refractivity contribution >= 4 is 23.4 Å². The Morgan fingerprint density at radius 3 is 2.70 bits per heavy atom. The summed E-state index contributed by atoms with van der Waals surface area (Å²) in [4.78, 5) is 25.8. The van der Waals surface area contributed by atoms with Crippen LogP contribution in [0.2, 0.25) is 0 Å². The van der Waals surface area contributed by atoms with Crippen LogP contribution in [-0.4, -0.2) is 30.7 Å². The van der Waals surface area contributed by atoms with Gasteiger partial charge >= 0.3 is 6.09 Å². The van der Waals surface area contributed by atoms with Crippen molar-refractivity contribution in [1.29, 1.82) is 0 Å². The van der Waals surface area contributed by atoms with Crippen LogP contribution in [0.4, 0.5) is 16.2 Å². The third kappa shape index (κ3) is 3.40. The summed E-state index contributed by atoms with van der Waals surface area (Å²) in [7, 11) is 0. The number of amides is 2. The SMILES string of the molecule is CC[C@]1(N)C[C@H]1c1ccc(NC(=O)c2cccc(N3CCOC3=O)c2)cc1. The number of carbonyl (C=O) groups excluding carboxylic acids is 2. The van der Waals surface area contributed by atoms with Gasteiger partial charge in [-0.25, -0.2) is 4.79 Å². The van der Waals surface area contributed by atoms with Crippen LogP contribution in [-0.2, 0) is 4.74 Å². The lowest BCUT2D eigenvalue weighted by atomic mass is 10.0. The quantitative estimate of drug-likeness (QED) is 0.849. The lowest BCUT2D eigenvalue weighted by Gasteiger charge is -2.14. The molecule has 1 saturated carbocycles. The average molecular weight is 365 g/mol. The van der Waals surface area contributed by atoms with Crippen molar-refractivity contribution < 1.29 is 14.3 Å². The molecule has 2 amide bonds. The van der Waals surface area contributed by atoms with Crippen molar-refractivity contribution in [2.24, 2.45) is 5.73 Å². The van der Waals surface area contributed by atoms with Crippen molar-refractivity contribution in [3.05, 3.63) is 59.7 Å². The smallest absolute Gasteiger partial charge is 0.414 e. The number of ether oxygens (including phenoxy) is 1. The van der Waals surface area contributed by atoms with Crippen molar-refractivity contribution in [1.82, 2.24) is 0 Å². The number of cyclic esters (lactones) is 1. The number of nitrogens with zero attached hydrogens (tertiary/aromatic N) is 1. The summed E-state index contributed by atoms with van der Waals surface area (Å²) < 4.78 is 4.95. The lowest BCUT2D eigenvalue weighted by Crippen LogP contribution is -2.23. The number of rotatable bonds is 5. The summed E-state index contributed by atoms with van der Waals surface area (Å²) in [6.45, 7) is 2.97. The molecule has 2 aromatic carbocycles. The van der Waals surface area contributed by atoms with Gasteiger partial charge in [-0.15, -0.1) is 0 Å². The molecule has 2 aliphatic rings. The zero-order chi connectivity index (χ0) is 19.0. The van der Waals surface area contributed by atoms with Gasteiger partial charge in [-0.2, -0.15) is 0 Å².